The summed E-state index contributed by atoms with van der Waals surface area (Å²) in [5.41, 5.74) is 7.11. The lowest BCUT2D eigenvalue weighted by Gasteiger charge is -2.23. The number of hydrogen-bond donors (Lipinski definition) is 1. The molecule has 0 amide bonds. The van der Waals surface area contributed by atoms with Crippen molar-refractivity contribution in [3.8, 4) is 17.2 Å². The fourth-order valence-electron chi connectivity index (χ4n) is 4.88. The number of carboxylic acids is 1. The minimum Gasteiger partial charge on any atom is -0.493 e. The van der Waals surface area contributed by atoms with Crippen molar-refractivity contribution in [1.29, 1.82) is 0 Å². The van der Waals surface area contributed by atoms with Crippen LogP contribution in [0.1, 0.15) is 46.5 Å². The second kappa shape index (κ2) is 12.1. The number of rotatable bonds is 11. The first kappa shape index (κ1) is 26.4. The number of carboxylic acid groups (broad SMARTS) is 1. The van der Waals surface area contributed by atoms with Crippen LogP contribution in [-0.4, -0.2) is 28.8 Å². The first-order chi connectivity index (χ1) is 19.0. The van der Waals surface area contributed by atoms with E-state index in [1.54, 1.807) is 0 Å². The number of oxazole rings is 1. The van der Waals surface area contributed by atoms with E-state index in [0.717, 1.165) is 57.9 Å². The van der Waals surface area contributed by atoms with Crippen LogP contribution < -0.4 is 4.74 Å². The number of aromatic nitrogens is 1. The summed E-state index contributed by atoms with van der Waals surface area (Å²) in [6.45, 7) is 4.71. The quantitative estimate of drug-likeness (QED) is 0.229. The van der Waals surface area contributed by atoms with Crippen molar-refractivity contribution in [3.05, 3.63) is 113 Å². The van der Waals surface area contributed by atoms with Gasteiger partial charge in [-0.05, 0) is 61.6 Å². The number of aryl methyl sites for hydroxylation is 2. The third-order valence-corrected chi connectivity index (χ3v) is 7.03. The molecule has 0 bridgehead atoms. The van der Waals surface area contributed by atoms with E-state index in [-0.39, 0.29) is 6.61 Å². The maximum atomic E-state index is 12.0. The van der Waals surface area contributed by atoms with Gasteiger partial charge in [0.1, 0.15) is 11.5 Å². The molecule has 3 aromatic carbocycles. The zero-order valence-corrected chi connectivity index (χ0v) is 22.4. The second-order valence-corrected chi connectivity index (χ2v) is 9.86. The molecule has 0 spiro atoms. The Hall–Kier alpha value is -4.16. The van der Waals surface area contributed by atoms with Gasteiger partial charge in [0, 0.05) is 24.0 Å². The molecule has 0 radical (unpaired) electrons. The maximum Gasteiger partial charge on any atom is 0.333 e. The SMILES string of the molecule is Cc1ccc(-c2nc(CCOc3cccc4c3CCC=C4CC(OCc3ccccc3)C(=O)O)c(C)o2)cc1. The van der Waals surface area contributed by atoms with Gasteiger partial charge in [-0.15, -0.1) is 0 Å². The molecule has 6 nitrogen and oxygen atoms in total. The molecule has 0 saturated heterocycles. The lowest BCUT2D eigenvalue weighted by atomic mass is 9.87. The van der Waals surface area contributed by atoms with E-state index < -0.39 is 12.1 Å². The van der Waals surface area contributed by atoms with Crippen molar-refractivity contribution < 1.29 is 23.8 Å². The number of carbonyl (C=O) groups is 1. The molecule has 1 aliphatic rings. The lowest BCUT2D eigenvalue weighted by molar-refractivity contribution is -0.150. The third-order valence-electron chi connectivity index (χ3n) is 7.03. The summed E-state index contributed by atoms with van der Waals surface area (Å²) in [7, 11) is 0. The normalized spacial score (nSPS) is 13.4. The number of ether oxygens (including phenoxy) is 2. The van der Waals surface area contributed by atoms with Gasteiger partial charge in [0.15, 0.2) is 6.10 Å². The molecule has 1 unspecified atom stereocenters. The summed E-state index contributed by atoms with van der Waals surface area (Å²) in [6.07, 6.45) is 3.80. The first-order valence-electron chi connectivity index (χ1n) is 13.3. The van der Waals surface area contributed by atoms with Gasteiger partial charge in [0.05, 0.1) is 18.9 Å². The predicted molar refractivity (Wildman–Crippen MR) is 151 cm³/mol. The molecule has 6 heteroatoms. The highest BCUT2D eigenvalue weighted by Crippen LogP contribution is 2.36. The monoisotopic (exact) mass is 523 g/mol. The Kier molecular flexibility index (Phi) is 8.23. The van der Waals surface area contributed by atoms with E-state index in [1.807, 2.05) is 79.7 Å². The Morgan fingerprint density at radius 3 is 2.59 bits per heavy atom. The lowest BCUT2D eigenvalue weighted by Crippen LogP contribution is -2.24. The molecule has 0 fully saturated rings. The van der Waals surface area contributed by atoms with Crippen molar-refractivity contribution in [2.45, 2.75) is 52.2 Å². The summed E-state index contributed by atoms with van der Waals surface area (Å²) in [6, 6.07) is 23.7. The molecular formula is C33H33NO5. The molecule has 1 aliphatic carbocycles. The number of fused-ring (bicyclic) bond motifs is 1. The molecule has 39 heavy (non-hydrogen) atoms. The number of allylic oxidation sites excluding steroid dienone is 1. The highest BCUT2D eigenvalue weighted by molar-refractivity contribution is 5.79. The highest BCUT2D eigenvalue weighted by atomic mass is 16.5. The second-order valence-electron chi connectivity index (χ2n) is 9.86. The summed E-state index contributed by atoms with van der Waals surface area (Å²) in [5.74, 6) is 1.29. The molecule has 1 heterocycles. The van der Waals surface area contributed by atoms with Crippen molar-refractivity contribution in [2.24, 2.45) is 0 Å². The van der Waals surface area contributed by atoms with Crippen LogP contribution in [0.2, 0.25) is 0 Å². The molecule has 0 saturated carbocycles. The molecule has 5 rings (SSSR count). The number of aliphatic carboxylic acids is 1. The van der Waals surface area contributed by atoms with Crippen molar-refractivity contribution >= 4 is 11.5 Å². The van der Waals surface area contributed by atoms with Crippen LogP contribution in [0.5, 0.6) is 5.75 Å². The van der Waals surface area contributed by atoms with Crippen molar-refractivity contribution in [2.75, 3.05) is 6.61 Å². The standard InChI is InChI=1S/C33H33NO5/c1-22-14-16-25(17-15-22)32-34-29(23(2)39-32)18-19-37-30-13-7-11-27-26(10-6-12-28(27)30)20-31(33(35)36)38-21-24-8-4-3-5-9-24/h3-5,7-11,13-17,31H,6,12,18-21H2,1-2H3,(H,35,36). The van der Waals surface area contributed by atoms with Gasteiger partial charge in [-0.3, -0.25) is 0 Å². The largest absolute Gasteiger partial charge is 0.493 e. The molecule has 1 atom stereocenters. The van der Waals surface area contributed by atoms with Crippen LogP contribution in [-0.2, 0) is 29.0 Å². The van der Waals surface area contributed by atoms with Gasteiger partial charge in [-0.1, -0.05) is 66.2 Å². The molecule has 4 aromatic rings. The summed E-state index contributed by atoms with van der Waals surface area (Å²) >= 11 is 0. The average molecular weight is 524 g/mol. The van der Waals surface area contributed by atoms with Gasteiger partial charge in [-0.2, -0.15) is 0 Å². The number of benzene rings is 3. The topological polar surface area (TPSA) is 81.8 Å². The van der Waals surface area contributed by atoms with Crippen LogP contribution in [0.3, 0.4) is 0 Å². The average Bonchev–Trinajstić information content (AvgIpc) is 3.32. The van der Waals surface area contributed by atoms with Crippen molar-refractivity contribution in [3.63, 3.8) is 0 Å². The Balaban J connectivity index is 1.24. The van der Waals surface area contributed by atoms with Gasteiger partial charge in [-0.25, -0.2) is 9.78 Å². The Morgan fingerprint density at radius 2 is 1.82 bits per heavy atom. The molecule has 200 valence electrons. The first-order valence-corrected chi connectivity index (χ1v) is 13.3. The molecule has 1 N–H and O–H groups in total. The van der Waals surface area contributed by atoms with Gasteiger partial charge < -0.3 is 19.0 Å². The van der Waals surface area contributed by atoms with Crippen LogP contribution in [0, 0.1) is 13.8 Å². The third kappa shape index (κ3) is 6.47. The van der Waals surface area contributed by atoms with E-state index in [2.05, 4.69) is 13.0 Å². The van der Waals surface area contributed by atoms with E-state index in [9.17, 15) is 9.90 Å². The van der Waals surface area contributed by atoms with E-state index in [0.29, 0.717) is 25.3 Å². The smallest absolute Gasteiger partial charge is 0.333 e. The highest BCUT2D eigenvalue weighted by Gasteiger charge is 2.24. The zero-order valence-electron chi connectivity index (χ0n) is 22.4. The maximum absolute atomic E-state index is 12.0. The summed E-state index contributed by atoms with van der Waals surface area (Å²) in [5, 5.41) is 9.83. The minimum atomic E-state index is -0.959. The van der Waals surface area contributed by atoms with E-state index >= 15 is 0 Å². The molecular weight excluding hydrogens is 490 g/mol. The molecule has 0 aliphatic heterocycles. The Bertz CT molecular complexity index is 1450. The predicted octanol–water partition coefficient (Wildman–Crippen LogP) is 6.97. The Labute approximate surface area is 228 Å². The van der Waals surface area contributed by atoms with Crippen molar-refractivity contribution in [1.82, 2.24) is 4.98 Å². The Morgan fingerprint density at radius 1 is 1.03 bits per heavy atom. The van der Waals surface area contributed by atoms with Crippen LogP contribution in [0.25, 0.3) is 17.0 Å². The zero-order chi connectivity index (χ0) is 27.2. The molecule has 1 aromatic heterocycles. The van der Waals surface area contributed by atoms with E-state index in [1.165, 1.54) is 5.56 Å². The van der Waals surface area contributed by atoms with Gasteiger partial charge in [0.2, 0.25) is 5.89 Å². The summed E-state index contributed by atoms with van der Waals surface area (Å²) < 4.78 is 18.0. The van der Waals surface area contributed by atoms with Crippen LogP contribution >= 0.6 is 0 Å². The van der Waals surface area contributed by atoms with Crippen LogP contribution in [0.15, 0.2) is 83.3 Å². The van der Waals surface area contributed by atoms with E-state index in [4.69, 9.17) is 18.9 Å². The number of hydrogen-bond acceptors (Lipinski definition) is 5. The van der Waals surface area contributed by atoms with Gasteiger partial charge >= 0.3 is 5.97 Å². The fraction of sp³-hybridized carbons (Fsp3) is 0.273. The minimum absolute atomic E-state index is 0.258. The summed E-state index contributed by atoms with van der Waals surface area (Å²) in [4.78, 5) is 16.7. The van der Waals surface area contributed by atoms with Crippen LogP contribution in [0.4, 0.5) is 0 Å². The van der Waals surface area contributed by atoms with Gasteiger partial charge in [0.25, 0.3) is 0 Å². The fourth-order valence-corrected chi connectivity index (χ4v) is 4.88. The number of nitrogens with zero attached hydrogens (tertiary/aromatic N) is 1.